The van der Waals surface area contributed by atoms with E-state index >= 15 is 0 Å². The van der Waals surface area contributed by atoms with Crippen LogP contribution in [0.2, 0.25) is 0 Å². The molecule has 0 saturated heterocycles. The van der Waals surface area contributed by atoms with Crippen molar-refractivity contribution in [2.24, 2.45) is 5.92 Å². The Hall–Kier alpha value is -0.770. The molecule has 0 radical (unpaired) electrons. The number of unbranched alkanes of at least 4 members (excludes halogenated alkanes) is 1. The van der Waals surface area contributed by atoms with Gasteiger partial charge >= 0.3 is 0 Å². The van der Waals surface area contributed by atoms with Crippen molar-refractivity contribution in [2.45, 2.75) is 57.8 Å². The molecule has 0 spiro atoms. The Labute approximate surface area is 87.3 Å². The molecule has 1 aliphatic rings. The Morgan fingerprint density at radius 1 is 1.29 bits per heavy atom. The van der Waals surface area contributed by atoms with Gasteiger partial charge in [-0.3, -0.25) is 4.79 Å². The number of hydrogen-bond donors (Lipinski definition) is 0. The SMILES string of the molecule is C#CCCCC1CCCCCCC1=O. The van der Waals surface area contributed by atoms with Gasteiger partial charge in [0.15, 0.2) is 0 Å². The fourth-order valence-corrected chi connectivity index (χ4v) is 2.16. The van der Waals surface area contributed by atoms with Gasteiger partial charge < -0.3 is 0 Å². The molecule has 1 rings (SSSR count). The maximum absolute atomic E-state index is 11.7. The topological polar surface area (TPSA) is 17.1 Å². The summed E-state index contributed by atoms with van der Waals surface area (Å²) in [5.74, 6) is 3.45. The van der Waals surface area contributed by atoms with Gasteiger partial charge in [-0.2, -0.15) is 0 Å². The van der Waals surface area contributed by atoms with Crippen molar-refractivity contribution in [3.05, 3.63) is 0 Å². The molecule has 1 unspecified atom stereocenters. The lowest BCUT2D eigenvalue weighted by molar-refractivity contribution is -0.123. The first-order valence-corrected chi connectivity index (χ1v) is 5.81. The van der Waals surface area contributed by atoms with Crippen molar-refractivity contribution in [3.63, 3.8) is 0 Å². The van der Waals surface area contributed by atoms with Crippen LogP contribution in [-0.4, -0.2) is 5.78 Å². The van der Waals surface area contributed by atoms with Gasteiger partial charge in [0.05, 0.1) is 0 Å². The first-order chi connectivity index (χ1) is 6.84. The number of carbonyl (C=O) groups is 1. The van der Waals surface area contributed by atoms with Crippen LogP contribution in [-0.2, 0) is 4.79 Å². The van der Waals surface area contributed by atoms with Crippen LogP contribution in [0.25, 0.3) is 0 Å². The summed E-state index contributed by atoms with van der Waals surface area (Å²) in [6.45, 7) is 0. The van der Waals surface area contributed by atoms with Crippen LogP contribution in [0.3, 0.4) is 0 Å². The van der Waals surface area contributed by atoms with Gasteiger partial charge in [0.1, 0.15) is 5.78 Å². The van der Waals surface area contributed by atoms with Gasteiger partial charge in [0, 0.05) is 18.8 Å². The molecule has 14 heavy (non-hydrogen) atoms. The molecule has 1 fully saturated rings. The molecular formula is C13H20O. The normalized spacial score (nSPS) is 23.6. The number of Topliss-reactive ketones (excluding diaryl/α,β-unsaturated/α-hetero) is 1. The highest BCUT2D eigenvalue weighted by Gasteiger charge is 2.18. The summed E-state index contributed by atoms with van der Waals surface area (Å²) in [4.78, 5) is 11.7. The smallest absolute Gasteiger partial charge is 0.135 e. The molecule has 0 heterocycles. The molecule has 1 heteroatoms. The first kappa shape index (κ1) is 11.3. The van der Waals surface area contributed by atoms with Crippen molar-refractivity contribution in [2.75, 3.05) is 0 Å². The van der Waals surface area contributed by atoms with E-state index in [4.69, 9.17) is 6.42 Å². The molecular weight excluding hydrogens is 172 g/mol. The summed E-state index contributed by atoms with van der Waals surface area (Å²) < 4.78 is 0. The molecule has 0 N–H and O–H groups in total. The zero-order valence-electron chi connectivity index (χ0n) is 8.93. The van der Waals surface area contributed by atoms with E-state index in [1.165, 1.54) is 19.3 Å². The third kappa shape index (κ3) is 3.96. The maximum atomic E-state index is 11.7. The molecule has 0 aliphatic heterocycles. The molecule has 0 aromatic rings. The van der Waals surface area contributed by atoms with E-state index in [2.05, 4.69) is 5.92 Å². The van der Waals surface area contributed by atoms with Gasteiger partial charge in [-0.1, -0.05) is 19.3 Å². The summed E-state index contributed by atoms with van der Waals surface area (Å²) in [7, 11) is 0. The highest BCUT2D eigenvalue weighted by Crippen LogP contribution is 2.23. The Bertz CT molecular complexity index is 212. The second kappa shape index (κ2) is 6.65. The number of rotatable bonds is 3. The van der Waals surface area contributed by atoms with E-state index in [9.17, 15) is 4.79 Å². The van der Waals surface area contributed by atoms with Gasteiger partial charge in [0.2, 0.25) is 0 Å². The predicted molar refractivity (Wildman–Crippen MR) is 58.9 cm³/mol. The lowest BCUT2D eigenvalue weighted by Crippen LogP contribution is -2.16. The minimum absolute atomic E-state index is 0.323. The molecule has 1 atom stereocenters. The first-order valence-electron chi connectivity index (χ1n) is 5.81. The monoisotopic (exact) mass is 192 g/mol. The lowest BCUT2D eigenvalue weighted by Gasteiger charge is -2.17. The molecule has 1 nitrogen and oxygen atoms in total. The van der Waals surface area contributed by atoms with Crippen LogP contribution in [0.5, 0.6) is 0 Å². The highest BCUT2D eigenvalue weighted by atomic mass is 16.1. The van der Waals surface area contributed by atoms with Crippen LogP contribution in [0.15, 0.2) is 0 Å². The maximum Gasteiger partial charge on any atom is 0.135 e. The number of hydrogen-bond acceptors (Lipinski definition) is 1. The second-order valence-corrected chi connectivity index (χ2v) is 4.21. The van der Waals surface area contributed by atoms with E-state index in [1.54, 1.807) is 0 Å². The number of carbonyl (C=O) groups excluding carboxylic acids is 1. The van der Waals surface area contributed by atoms with E-state index in [-0.39, 0.29) is 0 Å². The van der Waals surface area contributed by atoms with Crippen molar-refractivity contribution in [3.8, 4) is 12.3 Å². The molecule has 0 amide bonds. The lowest BCUT2D eigenvalue weighted by atomic mass is 9.86. The standard InChI is InChI=1S/C13H20O/c1-2-3-6-9-12-10-7-4-5-8-11-13(12)14/h1,12H,3-11H2. The Morgan fingerprint density at radius 3 is 2.86 bits per heavy atom. The molecule has 78 valence electrons. The van der Waals surface area contributed by atoms with Gasteiger partial charge in [0.25, 0.3) is 0 Å². The van der Waals surface area contributed by atoms with Crippen LogP contribution < -0.4 is 0 Å². The van der Waals surface area contributed by atoms with E-state index in [0.29, 0.717) is 11.7 Å². The third-order valence-corrected chi connectivity index (χ3v) is 3.05. The second-order valence-electron chi connectivity index (χ2n) is 4.21. The van der Waals surface area contributed by atoms with Gasteiger partial charge in [-0.25, -0.2) is 0 Å². The summed E-state index contributed by atoms with van der Waals surface area (Å²) in [6.07, 6.45) is 14.8. The summed E-state index contributed by atoms with van der Waals surface area (Å²) in [6, 6.07) is 0. The average Bonchev–Trinajstić information content (AvgIpc) is 2.17. The zero-order valence-corrected chi connectivity index (χ0v) is 8.93. The minimum Gasteiger partial charge on any atom is -0.299 e. The van der Waals surface area contributed by atoms with Crippen molar-refractivity contribution in [1.82, 2.24) is 0 Å². The van der Waals surface area contributed by atoms with E-state index < -0.39 is 0 Å². The van der Waals surface area contributed by atoms with Crippen molar-refractivity contribution in [1.29, 1.82) is 0 Å². The largest absolute Gasteiger partial charge is 0.299 e. The molecule has 1 saturated carbocycles. The van der Waals surface area contributed by atoms with Crippen molar-refractivity contribution >= 4 is 5.78 Å². The Balaban J connectivity index is 2.30. The third-order valence-electron chi connectivity index (χ3n) is 3.05. The molecule has 0 aromatic carbocycles. The average molecular weight is 192 g/mol. The Kier molecular flexibility index (Phi) is 5.37. The van der Waals surface area contributed by atoms with Crippen LogP contribution in [0.4, 0.5) is 0 Å². The summed E-state index contributed by atoms with van der Waals surface area (Å²) in [5, 5.41) is 0. The fourth-order valence-electron chi connectivity index (χ4n) is 2.16. The Morgan fingerprint density at radius 2 is 2.07 bits per heavy atom. The molecule has 0 bridgehead atoms. The summed E-state index contributed by atoms with van der Waals surface area (Å²) in [5.41, 5.74) is 0. The number of terminal acetylenes is 1. The van der Waals surface area contributed by atoms with Crippen LogP contribution in [0.1, 0.15) is 57.8 Å². The summed E-state index contributed by atoms with van der Waals surface area (Å²) >= 11 is 0. The van der Waals surface area contributed by atoms with Crippen LogP contribution in [0, 0.1) is 18.3 Å². The van der Waals surface area contributed by atoms with Crippen molar-refractivity contribution < 1.29 is 4.79 Å². The fraction of sp³-hybridized carbons (Fsp3) is 0.769. The van der Waals surface area contributed by atoms with E-state index in [1.807, 2.05) is 0 Å². The molecule has 1 aliphatic carbocycles. The zero-order chi connectivity index (χ0) is 10.2. The predicted octanol–water partition coefficient (Wildman–Crippen LogP) is 3.33. The van der Waals surface area contributed by atoms with E-state index in [0.717, 1.165) is 38.5 Å². The quantitative estimate of drug-likeness (QED) is 0.495. The number of ketones is 1. The minimum atomic E-state index is 0.323. The molecule has 0 aromatic heterocycles. The van der Waals surface area contributed by atoms with Gasteiger partial charge in [-0.15, -0.1) is 12.3 Å². The van der Waals surface area contributed by atoms with Gasteiger partial charge in [-0.05, 0) is 25.7 Å². The highest BCUT2D eigenvalue weighted by molar-refractivity contribution is 5.80. The van der Waals surface area contributed by atoms with Crippen LogP contribution >= 0.6 is 0 Å².